The Hall–Kier alpha value is -2.71. The van der Waals surface area contributed by atoms with Crippen molar-refractivity contribution in [3.05, 3.63) is 54.0 Å². The lowest BCUT2D eigenvalue weighted by Gasteiger charge is -2.11. The summed E-state index contributed by atoms with van der Waals surface area (Å²) in [6.07, 6.45) is 5.48. The van der Waals surface area contributed by atoms with Crippen LogP contribution in [0.3, 0.4) is 0 Å². The van der Waals surface area contributed by atoms with E-state index in [9.17, 15) is 14.1 Å². The maximum atomic E-state index is 12.4. The van der Waals surface area contributed by atoms with Gasteiger partial charge in [0.15, 0.2) is 10.7 Å². The quantitative estimate of drug-likeness (QED) is 0.327. The lowest BCUT2D eigenvalue weighted by atomic mass is 9.97. The van der Waals surface area contributed by atoms with Gasteiger partial charge in [0, 0.05) is 42.2 Å². The minimum atomic E-state index is -1.48. The summed E-state index contributed by atoms with van der Waals surface area (Å²) in [7, 11) is 0. The second kappa shape index (κ2) is 11.3. The molecule has 0 amide bonds. The Morgan fingerprint density at radius 2 is 2.00 bits per heavy atom. The Balaban J connectivity index is 1.97. The monoisotopic (exact) mass is 414 g/mol. The lowest BCUT2D eigenvalue weighted by molar-refractivity contribution is -0.116. The minimum Gasteiger partial charge on any atom is -0.588 e. The molecule has 0 saturated carbocycles. The van der Waals surface area contributed by atoms with Gasteiger partial charge in [0.1, 0.15) is 17.6 Å². The summed E-state index contributed by atoms with van der Waals surface area (Å²) in [5.74, 6) is 0.381. The molecule has 0 radical (unpaired) electrons. The molecule has 0 spiro atoms. The fourth-order valence-corrected chi connectivity index (χ4v) is 3.33. The van der Waals surface area contributed by atoms with Crippen LogP contribution in [0.15, 0.2) is 53.2 Å². The van der Waals surface area contributed by atoms with Crippen molar-refractivity contribution in [2.45, 2.75) is 44.9 Å². The molecule has 2 rings (SSSR count). The van der Waals surface area contributed by atoms with Gasteiger partial charge in [-0.15, -0.1) is 0 Å². The van der Waals surface area contributed by atoms with Gasteiger partial charge >= 0.3 is 0 Å². The van der Waals surface area contributed by atoms with Crippen LogP contribution in [0.4, 0.5) is 11.6 Å². The first kappa shape index (κ1) is 22.6. The zero-order chi connectivity index (χ0) is 21.2. The highest BCUT2D eigenvalue weighted by molar-refractivity contribution is 7.92. The molecule has 0 saturated heterocycles. The van der Waals surface area contributed by atoms with Crippen molar-refractivity contribution in [2.24, 2.45) is 5.92 Å². The first-order chi connectivity index (χ1) is 13.9. The molecule has 154 valence electrons. The summed E-state index contributed by atoms with van der Waals surface area (Å²) in [5.41, 5.74) is 2.23. The molecular weight excluding hydrogens is 388 g/mol. The van der Waals surface area contributed by atoms with Crippen molar-refractivity contribution in [3.63, 3.8) is 0 Å². The van der Waals surface area contributed by atoms with Gasteiger partial charge in [0.05, 0.1) is 0 Å². The standard InChI is InChI=1S/C21H26N4O3S/c1-4-17(20(27)13-15(2)10-12-26)14-23-18-5-7-19(8-6-18)29(28)25-21-22-11-9-16(3)24-21/h5-9,11-12,14-15,23H,4,10,13H2,1-3H3,(H,22,24,25)/b17-14+. The summed E-state index contributed by atoms with van der Waals surface area (Å²) in [5, 5.41) is 3.11. The number of allylic oxidation sites excluding steroid dienone is 1. The molecule has 0 aliphatic rings. The third-order valence-corrected chi connectivity index (χ3v) is 5.30. The number of Topliss-reactive ketones (excluding diaryl/α,β-unsaturated/α-hetero) is 1. The number of ketones is 1. The van der Waals surface area contributed by atoms with E-state index in [1.807, 2.05) is 20.8 Å². The Morgan fingerprint density at radius 3 is 2.62 bits per heavy atom. The van der Waals surface area contributed by atoms with Crippen LogP contribution in [-0.4, -0.2) is 26.6 Å². The number of nitrogens with one attached hydrogen (secondary N) is 2. The van der Waals surface area contributed by atoms with Gasteiger partial charge in [-0.1, -0.05) is 13.8 Å². The third kappa shape index (κ3) is 7.32. The number of rotatable bonds is 11. The highest BCUT2D eigenvalue weighted by Gasteiger charge is 2.14. The van der Waals surface area contributed by atoms with Crippen LogP contribution in [0.25, 0.3) is 0 Å². The van der Waals surface area contributed by atoms with Gasteiger partial charge < -0.3 is 14.7 Å². The number of aldehydes is 1. The summed E-state index contributed by atoms with van der Waals surface area (Å²) in [4.78, 5) is 31.7. The smallest absolute Gasteiger partial charge is 0.265 e. The van der Waals surface area contributed by atoms with Crippen molar-refractivity contribution in [1.29, 1.82) is 0 Å². The maximum Gasteiger partial charge on any atom is 0.265 e. The molecule has 2 N–H and O–H groups in total. The molecule has 0 aliphatic heterocycles. The number of hydrogen-bond acceptors (Lipinski definition) is 7. The van der Waals surface area contributed by atoms with Crippen LogP contribution < -0.4 is 10.0 Å². The van der Waals surface area contributed by atoms with Gasteiger partial charge in [-0.25, -0.2) is 9.97 Å². The van der Waals surface area contributed by atoms with E-state index in [1.165, 1.54) is 0 Å². The summed E-state index contributed by atoms with van der Waals surface area (Å²) in [6.45, 7) is 5.64. The zero-order valence-electron chi connectivity index (χ0n) is 16.8. The average molecular weight is 415 g/mol. The normalized spacial score (nSPS) is 13.4. The van der Waals surface area contributed by atoms with Crippen molar-refractivity contribution in [3.8, 4) is 0 Å². The van der Waals surface area contributed by atoms with Crippen LogP contribution in [0.5, 0.6) is 0 Å². The number of carbonyl (C=O) groups is 2. The highest BCUT2D eigenvalue weighted by atomic mass is 32.2. The second-order valence-electron chi connectivity index (χ2n) is 6.72. The van der Waals surface area contributed by atoms with E-state index in [0.717, 1.165) is 17.7 Å². The minimum absolute atomic E-state index is 0.0362. The van der Waals surface area contributed by atoms with E-state index >= 15 is 0 Å². The van der Waals surface area contributed by atoms with Crippen LogP contribution >= 0.6 is 0 Å². The van der Waals surface area contributed by atoms with E-state index in [-0.39, 0.29) is 11.7 Å². The molecule has 0 fully saturated rings. The fourth-order valence-electron chi connectivity index (χ4n) is 2.56. The molecule has 8 heteroatoms. The van der Waals surface area contributed by atoms with Crippen molar-refractivity contribution >= 4 is 35.1 Å². The number of aromatic nitrogens is 2. The topological polar surface area (TPSA) is 107 Å². The van der Waals surface area contributed by atoms with Gasteiger partial charge in [0.25, 0.3) is 5.95 Å². The first-order valence-corrected chi connectivity index (χ1v) is 10.6. The Kier molecular flexibility index (Phi) is 8.82. The van der Waals surface area contributed by atoms with E-state index in [2.05, 4.69) is 20.0 Å². The highest BCUT2D eigenvalue weighted by Crippen LogP contribution is 2.18. The van der Waals surface area contributed by atoms with Gasteiger partial charge in [-0.05, 0) is 49.6 Å². The number of nitrogens with zero attached hydrogens (tertiary/aromatic N) is 2. The molecule has 29 heavy (non-hydrogen) atoms. The van der Waals surface area contributed by atoms with Gasteiger partial charge in [0.2, 0.25) is 0 Å². The molecule has 1 aromatic carbocycles. The first-order valence-electron chi connectivity index (χ1n) is 9.43. The SMILES string of the molecule is CC/C(=C\Nc1ccc([S+]([O-])Nc2nccc(C)n2)cc1)C(=O)CC(C)CC=O. The van der Waals surface area contributed by atoms with Crippen LogP contribution in [-0.2, 0) is 21.0 Å². The maximum absolute atomic E-state index is 12.4. The molecule has 0 aliphatic carbocycles. The molecule has 1 heterocycles. The zero-order valence-corrected chi connectivity index (χ0v) is 17.7. The molecule has 0 bridgehead atoms. The molecule has 2 unspecified atom stereocenters. The summed E-state index contributed by atoms with van der Waals surface area (Å²) >= 11 is -1.48. The summed E-state index contributed by atoms with van der Waals surface area (Å²) in [6, 6.07) is 8.80. The Morgan fingerprint density at radius 1 is 1.28 bits per heavy atom. The Labute approximate surface area is 174 Å². The number of benzene rings is 1. The van der Waals surface area contributed by atoms with Crippen LogP contribution in [0.1, 0.15) is 38.8 Å². The van der Waals surface area contributed by atoms with Crippen LogP contribution in [0.2, 0.25) is 0 Å². The Bertz CT molecular complexity index is 855. The van der Waals surface area contributed by atoms with Gasteiger partial charge in [-0.2, -0.15) is 4.72 Å². The third-order valence-electron chi connectivity index (χ3n) is 4.23. The van der Waals surface area contributed by atoms with Crippen LogP contribution in [0, 0.1) is 12.8 Å². The number of carbonyl (C=O) groups excluding carboxylic acids is 2. The van der Waals surface area contributed by atoms with Crippen molar-refractivity contribution < 1.29 is 14.1 Å². The molecule has 2 atom stereocenters. The van der Waals surface area contributed by atoms with E-state index in [1.54, 1.807) is 42.7 Å². The lowest BCUT2D eigenvalue weighted by Crippen LogP contribution is -2.15. The predicted molar refractivity (Wildman–Crippen MR) is 115 cm³/mol. The number of anilines is 2. The number of hydrogen-bond donors (Lipinski definition) is 2. The fraction of sp³-hybridized carbons (Fsp3) is 0.333. The molecular formula is C21H26N4O3S. The average Bonchev–Trinajstić information content (AvgIpc) is 2.69. The molecule has 2 aromatic rings. The van der Waals surface area contributed by atoms with Crippen molar-refractivity contribution in [2.75, 3.05) is 10.0 Å². The molecule has 1 aromatic heterocycles. The molecule has 7 nitrogen and oxygen atoms in total. The van der Waals surface area contributed by atoms with Crippen molar-refractivity contribution in [1.82, 2.24) is 9.97 Å². The van der Waals surface area contributed by atoms with E-state index < -0.39 is 11.4 Å². The predicted octanol–water partition coefficient (Wildman–Crippen LogP) is 3.81. The second-order valence-corrected chi connectivity index (χ2v) is 7.93. The van der Waals surface area contributed by atoms with E-state index in [0.29, 0.717) is 35.7 Å². The largest absolute Gasteiger partial charge is 0.588 e. The van der Waals surface area contributed by atoms with E-state index in [4.69, 9.17) is 0 Å². The summed E-state index contributed by atoms with van der Waals surface area (Å²) < 4.78 is 15.2. The number of aryl methyl sites for hydroxylation is 1. The van der Waals surface area contributed by atoms with Gasteiger partial charge in [-0.3, -0.25) is 4.79 Å².